The highest BCUT2D eigenvalue weighted by atomic mass is 127. The number of fused-ring (bicyclic) bond motifs is 1. The molecule has 0 spiro atoms. The quantitative estimate of drug-likeness (QED) is 0.253. The number of halogens is 2. The summed E-state index contributed by atoms with van der Waals surface area (Å²) in [7, 11) is 1.74. The van der Waals surface area contributed by atoms with Crippen molar-refractivity contribution in [3.8, 4) is 0 Å². The summed E-state index contributed by atoms with van der Waals surface area (Å²) in [6.07, 6.45) is 2.84. The SMILES string of the molecule is CN=C(NCCCn1cnc2ccccc21)NCc1ccc(F)cc1.I. The van der Waals surface area contributed by atoms with Gasteiger partial charge in [-0.3, -0.25) is 4.99 Å². The molecule has 0 bridgehead atoms. The molecule has 26 heavy (non-hydrogen) atoms. The predicted octanol–water partition coefficient (Wildman–Crippen LogP) is 3.55. The van der Waals surface area contributed by atoms with Crippen molar-refractivity contribution in [2.75, 3.05) is 13.6 Å². The van der Waals surface area contributed by atoms with E-state index in [-0.39, 0.29) is 29.8 Å². The minimum absolute atomic E-state index is 0. The maximum atomic E-state index is 12.9. The molecular weight excluding hydrogens is 444 g/mol. The van der Waals surface area contributed by atoms with Crippen LogP contribution < -0.4 is 10.6 Å². The van der Waals surface area contributed by atoms with E-state index in [9.17, 15) is 4.39 Å². The minimum atomic E-state index is -0.224. The van der Waals surface area contributed by atoms with Crippen LogP contribution in [0.15, 0.2) is 59.9 Å². The van der Waals surface area contributed by atoms with Crippen LogP contribution in [0.5, 0.6) is 0 Å². The number of aliphatic imine (C=N–C) groups is 1. The van der Waals surface area contributed by atoms with Gasteiger partial charge in [0.2, 0.25) is 0 Å². The molecule has 0 atom stereocenters. The molecule has 0 amide bonds. The van der Waals surface area contributed by atoms with Crippen molar-refractivity contribution in [3.63, 3.8) is 0 Å². The maximum Gasteiger partial charge on any atom is 0.191 e. The Morgan fingerprint density at radius 2 is 1.88 bits per heavy atom. The second kappa shape index (κ2) is 10.1. The van der Waals surface area contributed by atoms with E-state index in [1.165, 1.54) is 12.1 Å². The third-order valence-corrected chi connectivity index (χ3v) is 3.99. The van der Waals surface area contributed by atoms with Gasteiger partial charge in [-0.05, 0) is 36.2 Å². The predicted molar refractivity (Wildman–Crippen MR) is 114 cm³/mol. The fraction of sp³-hybridized carbons (Fsp3) is 0.263. The van der Waals surface area contributed by atoms with E-state index in [0.717, 1.165) is 42.1 Å². The van der Waals surface area contributed by atoms with Crippen LogP contribution >= 0.6 is 24.0 Å². The van der Waals surface area contributed by atoms with E-state index in [4.69, 9.17) is 0 Å². The summed E-state index contributed by atoms with van der Waals surface area (Å²) in [6, 6.07) is 14.6. The lowest BCUT2D eigenvalue weighted by molar-refractivity contribution is 0.626. The van der Waals surface area contributed by atoms with Gasteiger partial charge in [-0.2, -0.15) is 0 Å². The fourth-order valence-corrected chi connectivity index (χ4v) is 2.65. The van der Waals surface area contributed by atoms with Gasteiger partial charge in [-0.15, -0.1) is 24.0 Å². The largest absolute Gasteiger partial charge is 0.356 e. The van der Waals surface area contributed by atoms with Gasteiger partial charge in [0.05, 0.1) is 17.4 Å². The van der Waals surface area contributed by atoms with Crippen molar-refractivity contribution in [2.45, 2.75) is 19.5 Å². The van der Waals surface area contributed by atoms with E-state index >= 15 is 0 Å². The average molecular weight is 467 g/mol. The molecule has 0 aliphatic carbocycles. The number of imidazole rings is 1. The first-order valence-electron chi connectivity index (χ1n) is 8.35. The molecule has 0 aliphatic heterocycles. The van der Waals surface area contributed by atoms with Crippen molar-refractivity contribution < 1.29 is 4.39 Å². The molecule has 2 aromatic carbocycles. The van der Waals surface area contributed by atoms with Crippen molar-refractivity contribution in [3.05, 3.63) is 66.2 Å². The number of guanidine groups is 1. The smallest absolute Gasteiger partial charge is 0.191 e. The van der Waals surface area contributed by atoms with Crippen molar-refractivity contribution >= 4 is 41.0 Å². The van der Waals surface area contributed by atoms with Gasteiger partial charge in [0, 0.05) is 26.7 Å². The highest BCUT2D eigenvalue weighted by Crippen LogP contribution is 2.11. The van der Waals surface area contributed by atoms with Gasteiger partial charge >= 0.3 is 0 Å². The van der Waals surface area contributed by atoms with Crippen molar-refractivity contribution in [2.24, 2.45) is 4.99 Å². The Bertz CT molecular complexity index is 845. The third kappa shape index (κ3) is 5.42. The summed E-state index contributed by atoms with van der Waals surface area (Å²) in [6.45, 7) is 2.30. The molecule has 0 saturated carbocycles. The van der Waals surface area contributed by atoms with Crippen molar-refractivity contribution in [1.82, 2.24) is 20.2 Å². The van der Waals surface area contributed by atoms with Crippen LogP contribution in [0.1, 0.15) is 12.0 Å². The van der Waals surface area contributed by atoms with Crippen LogP contribution in [0, 0.1) is 5.82 Å². The molecule has 3 aromatic rings. The second-order valence-electron chi connectivity index (χ2n) is 5.76. The Morgan fingerprint density at radius 1 is 1.12 bits per heavy atom. The van der Waals surface area contributed by atoms with Crippen LogP contribution in [-0.2, 0) is 13.1 Å². The molecule has 3 rings (SSSR count). The number of hydrogen-bond acceptors (Lipinski definition) is 2. The van der Waals surface area contributed by atoms with E-state index in [1.54, 1.807) is 19.2 Å². The highest BCUT2D eigenvalue weighted by molar-refractivity contribution is 14.0. The first-order chi connectivity index (χ1) is 12.3. The van der Waals surface area contributed by atoms with Gasteiger partial charge in [0.25, 0.3) is 0 Å². The Morgan fingerprint density at radius 3 is 2.65 bits per heavy atom. The van der Waals surface area contributed by atoms with Gasteiger partial charge < -0.3 is 15.2 Å². The fourth-order valence-electron chi connectivity index (χ4n) is 2.65. The number of rotatable bonds is 6. The molecule has 2 N–H and O–H groups in total. The van der Waals surface area contributed by atoms with Gasteiger partial charge in [-0.25, -0.2) is 9.37 Å². The molecular formula is C19H23FIN5. The lowest BCUT2D eigenvalue weighted by Gasteiger charge is -2.12. The first-order valence-corrected chi connectivity index (χ1v) is 8.35. The van der Waals surface area contributed by atoms with Crippen LogP contribution in [0.25, 0.3) is 11.0 Å². The molecule has 0 saturated heterocycles. The standard InChI is InChI=1S/C19H22FN5.HI/c1-21-19(23-13-15-7-9-16(20)10-8-15)22-11-4-12-25-14-24-17-5-2-3-6-18(17)25;/h2-3,5-10,14H,4,11-13H2,1H3,(H2,21,22,23);1H. The van der Waals surface area contributed by atoms with E-state index in [1.807, 2.05) is 24.5 Å². The van der Waals surface area contributed by atoms with E-state index in [2.05, 4.69) is 31.2 Å². The second-order valence-corrected chi connectivity index (χ2v) is 5.76. The molecule has 7 heteroatoms. The Hall–Kier alpha value is -2.16. The molecule has 0 radical (unpaired) electrons. The summed E-state index contributed by atoms with van der Waals surface area (Å²) in [5.74, 6) is 0.512. The lowest BCUT2D eigenvalue weighted by atomic mass is 10.2. The molecule has 1 aromatic heterocycles. The summed E-state index contributed by atoms with van der Waals surface area (Å²) >= 11 is 0. The Balaban J connectivity index is 0.00000243. The molecule has 0 fully saturated rings. The van der Waals surface area contributed by atoms with E-state index in [0.29, 0.717) is 6.54 Å². The first kappa shape index (κ1) is 20.2. The normalized spacial score (nSPS) is 11.2. The number of nitrogens with one attached hydrogen (secondary N) is 2. The number of aromatic nitrogens is 2. The number of benzene rings is 2. The lowest BCUT2D eigenvalue weighted by Crippen LogP contribution is -2.37. The molecule has 0 unspecified atom stereocenters. The summed E-state index contributed by atoms with van der Waals surface area (Å²) in [5.41, 5.74) is 3.18. The van der Waals surface area contributed by atoms with Crippen LogP contribution in [0.4, 0.5) is 4.39 Å². The van der Waals surface area contributed by atoms with Gasteiger partial charge in [0.15, 0.2) is 5.96 Å². The molecule has 5 nitrogen and oxygen atoms in total. The topological polar surface area (TPSA) is 54.2 Å². The third-order valence-electron chi connectivity index (χ3n) is 3.99. The number of para-hydroxylation sites is 2. The number of nitrogens with zero attached hydrogens (tertiary/aromatic N) is 3. The van der Waals surface area contributed by atoms with Gasteiger partial charge in [-0.1, -0.05) is 24.3 Å². The van der Waals surface area contributed by atoms with Crippen LogP contribution in [-0.4, -0.2) is 29.1 Å². The van der Waals surface area contributed by atoms with Gasteiger partial charge in [0.1, 0.15) is 5.82 Å². The average Bonchev–Trinajstić information content (AvgIpc) is 3.06. The maximum absolute atomic E-state index is 12.9. The van der Waals surface area contributed by atoms with Crippen molar-refractivity contribution in [1.29, 1.82) is 0 Å². The van der Waals surface area contributed by atoms with E-state index < -0.39 is 0 Å². The highest BCUT2D eigenvalue weighted by Gasteiger charge is 2.02. The Kier molecular flexibility index (Phi) is 7.83. The zero-order chi connectivity index (χ0) is 17.5. The van der Waals surface area contributed by atoms with Crippen LogP contribution in [0.3, 0.4) is 0 Å². The number of aryl methyl sites for hydroxylation is 1. The molecule has 138 valence electrons. The summed E-state index contributed by atoms with van der Waals surface area (Å²) < 4.78 is 15.1. The monoisotopic (exact) mass is 467 g/mol. The molecule has 1 heterocycles. The zero-order valence-electron chi connectivity index (χ0n) is 14.7. The Labute approximate surface area is 169 Å². The zero-order valence-corrected chi connectivity index (χ0v) is 17.0. The molecule has 0 aliphatic rings. The van der Waals surface area contributed by atoms with Crippen LogP contribution in [0.2, 0.25) is 0 Å². The number of hydrogen-bond donors (Lipinski definition) is 2. The minimum Gasteiger partial charge on any atom is -0.356 e. The summed E-state index contributed by atoms with van der Waals surface area (Å²) in [5, 5.41) is 6.52. The summed E-state index contributed by atoms with van der Waals surface area (Å²) in [4.78, 5) is 8.60.